The van der Waals surface area contributed by atoms with Gasteiger partial charge in [0.25, 0.3) is 0 Å². The number of hydrogen-bond acceptors (Lipinski definition) is 7. The summed E-state index contributed by atoms with van der Waals surface area (Å²) < 4.78 is 40.8. The molecule has 0 aliphatic carbocycles. The number of hydrogen-bond donors (Lipinski definition) is 0. The van der Waals surface area contributed by atoms with E-state index in [1.807, 2.05) is 0 Å². The minimum Gasteiger partial charge on any atom is -0.444 e. The van der Waals surface area contributed by atoms with Crippen molar-refractivity contribution in [2.24, 2.45) is 0 Å². The molecule has 2 heterocycles. The van der Waals surface area contributed by atoms with Crippen LogP contribution in [0.2, 0.25) is 5.28 Å². The summed E-state index contributed by atoms with van der Waals surface area (Å²) in [6, 6.07) is -1.12. The van der Waals surface area contributed by atoms with Crippen LogP contribution in [0.4, 0.5) is 13.6 Å². The van der Waals surface area contributed by atoms with Crippen molar-refractivity contribution in [3.05, 3.63) is 11.6 Å². The Morgan fingerprint density at radius 1 is 1.42 bits per heavy atom. The normalized spacial score (nSPS) is 20.5. The number of nitrogens with zero attached hydrogens (tertiary/aromatic N) is 4. The number of halogens is 3. The summed E-state index contributed by atoms with van der Waals surface area (Å²) in [6.07, 6.45) is -0.719. The van der Waals surface area contributed by atoms with E-state index in [0.29, 0.717) is 0 Å². The van der Waals surface area contributed by atoms with Crippen LogP contribution in [0.5, 0.6) is 0 Å². The highest BCUT2D eigenvalue weighted by atomic mass is 35.5. The quantitative estimate of drug-likeness (QED) is 0.703. The molecule has 9 nitrogen and oxygen atoms in total. The number of ether oxygens (including phenoxy) is 3. The van der Waals surface area contributed by atoms with Crippen LogP contribution in [0.25, 0.3) is 0 Å². The zero-order valence-electron chi connectivity index (χ0n) is 14.4. The van der Waals surface area contributed by atoms with Gasteiger partial charge in [-0.1, -0.05) is 0 Å². The molecule has 1 aromatic rings. The van der Waals surface area contributed by atoms with Crippen LogP contribution < -0.4 is 0 Å². The molecule has 12 heteroatoms. The summed E-state index contributed by atoms with van der Waals surface area (Å²) in [4.78, 5) is 29.3. The Hall–Kier alpha value is -2.01. The number of carbonyl (C=O) groups excluding carboxylic acids is 2. The van der Waals surface area contributed by atoms with E-state index in [0.717, 1.165) is 4.90 Å². The first-order chi connectivity index (χ1) is 12.0. The smallest absolute Gasteiger partial charge is 0.411 e. The molecular weight excluding hydrogens is 378 g/mol. The Kier molecular flexibility index (Phi) is 6.34. The van der Waals surface area contributed by atoms with Crippen molar-refractivity contribution < 1.29 is 32.6 Å². The molecule has 1 aliphatic rings. The monoisotopic (exact) mass is 396 g/mol. The number of rotatable bonds is 5. The molecule has 0 saturated carbocycles. The lowest BCUT2D eigenvalue weighted by molar-refractivity contribution is -0.161. The van der Waals surface area contributed by atoms with Crippen LogP contribution in [-0.2, 0) is 25.7 Å². The number of carbonyl (C=O) groups is 2. The Labute approximate surface area is 153 Å². The van der Waals surface area contributed by atoms with Gasteiger partial charge in [0.1, 0.15) is 18.0 Å². The maximum Gasteiger partial charge on any atom is 0.411 e. The Morgan fingerprint density at radius 3 is 2.65 bits per heavy atom. The van der Waals surface area contributed by atoms with Gasteiger partial charge in [-0.15, -0.1) is 5.10 Å². The molecule has 1 amide bonds. The van der Waals surface area contributed by atoms with Gasteiger partial charge in [-0.05, 0) is 32.4 Å². The highest BCUT2D eigenvalue weighted by molar-refractivity contribution is 6.28. The Morgan fingerprint density at radius 2 is 2.12 bits per heavy atom. The summed E-state index contributed by atoms with van der Waals surface area (Å²) >= 11 is 5.56. The van der Waals surface area contributed by atoms with Gasteiger partial charge in [0.05, 0.1) is 12.6 Å². The van der Waals surface area contributed by atoms with E-state index in [1.54, 1.807) is 20.8 Å². The first kappa shape index (κ1) is 20.3. The molecule has 0 bridgehead atoms. The minimum atomic E-state index is -3.02. The first-order valence-electron chi connectivity index (χ1n) is 7.70. The van der Waals surface area contributed by atoms with E-state index >= 15 is 0 Å². The van der Waals surface area contributed by atoms with Crippen LogP contribution >= 0.6 is 11.6 Å². The third-order valence-electron chi connectivity index (χ3n) is 3.31. The highest BCUT2D eigenvalue weighted by Gasteiger charge is 2.43. The van der Waals surface area contributed by atoms with Gasteiger partial charge in [-0.3, -0.25) is 4.90 Å². The molecule has 0 N–H and O–H groups in total. The molecule has 146 valence electrons. The molecule has 1 aliphatic heterocycles. The van der Waals surface area contributed by atoms with Gasteiger partial charge in [0, 0.05) is 6.42 Å². The van der Waals surface area contributed by atoms with Gasteiger partial charge in [0.15, 0.2) is 6.73 Å². The van der Waals surface area contributed by atoms with Crippen molar-refractivity contribution >= 4 is 23.7 Å². The highest BCUT2D eigenvalue weighted by Crippen LogP contribution is 2.25. The Bertz CT molecular complexity index is 652. The summed E-state index contributed by atoms with van der Waals surface area (Å²) in [6.45, 7) is 1.42. The van der Waals surface area contributed by atoms with Crippen molar-refractivity contribution in [3.63, 3.8) is 0 Å². The fourth-order valence-corrected chi connectivity index (χ4v) is 2.49. The molecule has 0 unspecified atom stereocenters. The van der Waals surface area contributed by atoms with Crippen molar-refractivity contribution in [1.82, 2.24) is 19.7 Å². The van der Waals surface area contributed by atoms with Gasteiger partial charge < -0.3 is 14.2 Å². The average molecular weight is 397 g/mol. The van der Waals surface area contributed by atoms with Crippen LogP contribution in [0.3, 0.4) is 0 Å². The predicted octanol–water partition coefficient (Wildman–Crippen LogP) is 2.05. The summed E-state index contributed by atoms with van der Waals surface area (Å²) in [5.74, 6) is -0.803. The summed E-state index contributed by atoms with van der Waals surface area (Å²) in [5, 5.41) is 3.71. The van der Waals surface area contributed by atoms with Crippen molar-refractivity contribution in [1.29, 1.82) is 0 Å². The number of amides is 1. The third-order valence-corrected chi connectivity index (χ3v) is 3.48. The van der Waals surface area contributed by atoms with Crippen LogP contribution in [0.1, 0.15) is 27.2 Å². The van der Waals surface area contributed by atoms with E-state index in [2.05, 4.69) is 14.8 Å². The first-order valence-corrected chi connectivity index (χ1v) is 8.08. The number of alkyl halides is 2. The molecule has 0 radical (unpaired) electrons. The predicted molar refractivity (Wildman–Crippen MR) is 83.3 cm³/mol. The number of aromatic nitrogens is 3. The second-order valence-electron chi connectivity index (χ2n) is 6.55. The standard InChI is InChI=1S/C14H19ClF2N4O5/c1-14(2,3)26-13(23)21-5-8(25-12(16)17)4-9(21)10(22)24-7-20-6-18-11(15)19-20/h6,8-9,12H,4-5,7H2,1-3H3/t8-,9+/m1/s1. The molecule has 1 saturated heterocycles. The lowest BCUT2D eigenvalue weighted by Gasteiger charge is -2.27. The SMILES string of the molecule is CC(C)(C)OC(=O)N1C[C@H](OC(F)F)C[C@H]1C(=O)OCn1cnc(Cl)n1. The second kappa shape index (κ2) is 8.12. The van der Waals surface area contributed by atoms with Crippen molar-refractivity contribution in [2.75, 3.05) is 6.54 Å². The molecular formula is C14H19ClF2N4O5. The van der Waals surface area contributed by atoms with E-state index in [9.17, 15) is 18.4 Å². The van der Waals surface area contributed by atoms with E-state index in [4.69, 9.17) is 21.1 Å². The number of likely N-dealkylation sites (tertiary alicyclic amines) is 1. The van der Waals surface area contributed by atoms with Crippen LogP contribution in [0, 0.1) is 0 Å². The molecule has 2 atom stereocenters. The molecule has 1 aromatic heterocycles. The van der Waals surface area contributed by atoms with Crippen LogP contribution in [-0.4, -0.2) is 62.6 Å². The zero-order chi connectivity index (χ0) is 19.5. The maximum atomic E-state index is 12.5. The largest absolute Gasteiger partial charge is 0.444 e. The lowest BCUT2D eigenvalue weighted by atomic mass is 10.2. The number of esters is 1. The minimum absolute atomic E-state index is 0.0253. The topological polar surface area (TPSA) is 95.8 Å². The van der Waals surface area contributed by atoms with Crippen LogP contribution in [0.15, 0.2) is 6.33 Å². The van der Waals surface area contributed by atoms with Gasteiger partial charge >= 0.3 is 18.7 Å². The Balaban J connectivity index is 2.04. The summed E-state index contributed by atoms with van der Waals surface area (Å²) in [7, 11) is 0. The fraction of sp³-hybridized carbons (Fsp3) is 0.714. The van der Waals surface area contributed by atoms with E-state index in [1.165, 1.54) is 11.0 Å². The molecule has 1 fully saturated rings. The average Bonchev–Trinajstić information content (AvgIpc) is 3.09. The van der Waals surface area contributed by atoms with E-state index in [-0.39, 0.29) is 25.0 Å². The third kappa shape index (κ3) is 5.77. The second-order valence-corrected chi connectivity index (χ2v) is 6.89. The maximum absolute atomic E-state index is 12.5. The van der Waals surface area contributed by atoms with Gasteiger partial charge in [0.2, 0.25) is 5.28 Å². The van der Waals surface area contributed by atoms with Crippen molar-refractivity contribution in [2.45, 2.75) is 58.3 Å². The molecule has 26 heavy (non-hydrogen) atoms. The lowest BCUT2D eigenvalue weighted by Crippen LogP contribution is -2.44. The van der Waals surface area contributed by atoms with Crippen molar-refractivity contribution in [3.8, 4) is 0 Å². The fourth-order valence-electron chi connectivity index (χ4n) is 2.35. The van der Waals surface area contributed by atoms with E-state index < -0.39 is 36.4 Å². The zero-order valence-corrected chi connectivity index (χ0v) is 15.2. The van der Waals surface area contributed by atoms with Gasteiger partial charge in [-0.25, -0.2) is 19.3 Å². The molecule has 2 rings (SSSR count). The summed E-state index contributed by atoms with van der Waals surface area (Å²) in [5.41, 5.74) is -0.815. The molecule has 0 spiro atoms. The van der Waals surface area contributed by atoms with Gasteiger partial charge in [-0.2, -0.15) is 8.78 Å². The molecule has 0 aromatic carbocycles.